The highest BCUT2D eigenvalue weighted by atomic mass is 16.5. The fraction of sp³-hybridized carbons (Fsp3) is 0.462. The van der Waals surface area contributed by atoms with Gasteiger partial charge in [-0.05, 0) is 17.5 Å². The second-order valence-corrected chi connectivity index (χ2v) is 5.41. The van der Waals surface area contributed by atoms with Crippen LogP contribution in [0.15, 0.2) is 24.3 Å². The average molecular weight is 249 g/mol. The van der Waals surface area contributed by atoms with Crippen LogP contribution in [0.5, 0.6) is 5.75 Å². The molecule has 2 N–H and O–H groups in total. The van der Waals surface area contributed by atoms with Gasteiger partial charge in [0.15, 0.2) is 0 Å². The molecule has 1 atom stereocenters. The number of urea groups is 1. The summed E-state index contributed by atoms with van der Waals surface area (Å²) in [5, 5.41) is 4.43. The van der Waals surface area contributed by atoms with E-state index >= 15 is 0 Å². The lowest BCUT2D eigenvalue weighted by Crippen LogP contribution is -2.45. The van der Waals surface area contributed by atoms with Crippen molar-refractivity contribution in [1.82, 2.24) is 10.7 Å². The largest absolute Gasteiger partial charge is 0.497 e. The topological polar surface area (TPSA) is 53.6 Å². The summed E-state index contributed by atoms with van der Waals surface area (Å²) in [6.07, 6.45) is -0.0869. The van der Waals surface area contributed by atoms with Crippen LogP contribution in [0.4, 0.5) is 10.5 Å². The smallest absolute Gasteiger partial charge is 0.337 e. The van der Waals surface area contributed by atoms with Crippen LogP contribution in [-0.4, -0.2) is 19.3 Å². The number of carbonyl (C=O) groups excluding carboxylic acids is 1. The minimum Gasteiger partial charge on any atom is -0.497 e. The predicted octanol–water partition coefficient (Wildman–Crippen LogP) is 2.10. The van der Waals surface area contributed by atoms with Crippen molar-refractivity contribution < 1.29 is 9.53 Å². The molecular formula is C13H19N3O2. The van der Waals surface area contributed by atoms with Gasteiger partial charge < -0.3 is 10.1 Å². The lowest BCUT2D eigenvalue weighted by Gasteiger charge is -2.26. The summed E-state index contributed by atoms with van der Waals surface area (Å²) in [6.45, 7) is 6.21. The molecule has 2 amide bonds. The van der Waals surface area contributed by atoms with Crippen LogP contribution in [0.3, 0.4) is 0 Å². The Labute approximate surface area is 107 Å². The summed E-state index contributed by atoms with van der Waals surface area (Å²) in [4.78, 5) is 11.9. The molecule has 1 aromatic rings. The first kappa shape index (κ1) is 12.7. The molecule has 0 radical (unpaired) electrons. The van der Waals surface area contributed by atoms with Crippen LogP contribution >= 0.6 is 0 Å². The van der Waals surface area contributed by atoms with Gasteiger partial charge in [0.1, 0.15) is 11.9 Å². The van der Waals surface area contributed by atoms with E-state index in [9.17, 15) is 4.79 Å². The first-order valence-corrected chi connectivity index (χ1v) is 5.92. The van der Waals surface area contributed by atoms with Gasteiger partial charge in [0.2, 0.25) is 0 Å². The quantitative estimate of drug-likeness (QED) is 0.844. The molecule has 1 aromatic carbocycles. The summed E-state index contributed by atoms with van der Waals surface area (Å²) in [6, 6.07) is 7.23. The number of anilines is 1. The predicted molar refractivity (Wildman–Crippen MR) is 70.4 cm³/mol. The van der Waals surface area contributed by atoms with Crippen LogP contribution in [0, 0.1) is 5.41 Å². The van der Waals surface area contributed by atoms with Crippen molar-refractivity contribution >= 4 is 11.7 Å². The summed E-state index contributed by atoms with van der Waals surface area (Å²) in [7, 11) is 1.61. The van der Waals surface area contributed by atoms with Crippen molar-refractivity contribution in [2.45, 2.75) is 26.9 Å². The molecule has 18 heavy (non-hydrogen) atoms. The lowest BCUT2D eigenvalue weighted by atomic mass is 9.93. The molecule has 0 spiro atoms. The number of nitrogens with one attached hydrogen (secondary N) is 2. The number of ether oxygens (including phenoxy) is 1. The number of hydrazine groups is 1. The zero-order valence-electron chi connectivity index (χ0n) is 11.2. The number of rotatable bonds is 2. The van der Waals surface area contributed by atoms with Crippen LogP contribution < -0.4 is 20.5 Å². The van der Waals surface area contributed by atoms with E-state index in [4.69, 9.17) is 4.74 Å². The van der Waals surface area contributed by atoms with Gasteiger partial charge >= 0.3 is 6.03 Å². The molecule has 0 aromatic heterocycles. The number of nitrogens with zero attached hydrogens (tertiary/aromatic N) is 1. The maximum Gasteiger partial charge on any atom is 0.337 e. The zero-order chi connectivity index (χ0) is 13.3. The third-order valence-corrected chi connectivity index (χ3v) is 2.91. The van der Waals surface area contributed by atoms with E-state index in [0.717, 1.165) is 11.4 Å². The van der Waals surface area contributed by atoms with Crippen molar-refractivity contribution in [3.05, 3.63) is 24.3 Å². The van der Waals surface area contributed by atoms with E-state index in [0.29, 0.717) is 0 Å². The maximum atomic E-state index is 11.9. The standard InChI is InChI=1S/C13H19N3O2/c1-13(2,3)11-14-12(17)16(15-11)9-6-5-7-10(8-9)18-4/h5-8,11,15H,1-4H3,(H,14,17). The molecule has 98 valence electrons. The Hall–Kier alpha value is -1.75. The molecule has 5 heteroatoms. The molecule has 0 saturated carbocycles. The highest BCUT2D eigenvalue weighted by Gasteiger charge is 2.36. The highest BCUT2D eigenvalue weighted by molar-refractivity contribution is 5.93. The Morgan fingerprint density at radius 2 is 2.06 bits per heavy atom. The molecular weight excluding hydrogens is 230 g/mol. The van der Waals surface area contributed by atoms with Gasteiger partial charge in [-0.3, -0.25) is 0 Å². The average Bonchev–Trinajstić information content (AvgIpc) is 2.71. The maximum absolute atomic E-state index is 11.9. The van der Waals surface area contributed by atoms with Crippen LogP contribution in [-0.2, 0) is 0 Å². The summed E-state index contributed by atoms with van der Waals surface area (Å²) in [5.74, 6) is 0.723. The van der Waals surface area contributed by atoms with E-state index < -0.39 is 0 Å². The molecule has 5 nitrogen and oxygen atoms in total. The van der Waals surface area contributed by atoms with E-state index in [1.54, 1.807) is 7.11 Å². The molecule has 1 unspecified atom stereocenters. The van der Waals surface area contributed by atoms with Crippen molar-refractivity contribution in [2.24, 2.45) is 5.41 Å². The second-order valence-electron chi connectivity index (χ2n) is 5.41. The number of benzene rings is 1. The van der Waals surface area contributed by atoms with Gasteiger partial charge in [0.25, 0.3) is 0 Å². The van der Waals surface area contributed by atoms with Crippen molar-refractivity contribution in [2.75, 3.05) is 12.1 Å². The summed E-state index contributed by atoms with van der Waals surface area (Å²) in [5.41, 5.74) is 3.88. The third-order valence-electron chi connectivity index (χ3n) is 2.91. The van der Waals surface area contributed by atoms with Crippen molar-refractivity contribution in [3.63, 3.8) is 0 Å². The second kappa shape index (κ2) is 4.49. The van der Waals surface area contributed by atoms with E-state index in [2.05, 4.69) is 31.5 Å². The van der Waals surface area contributed by atoms with Gasteiger partial charge in [0, 0.05) is 6.07 Å². The number of hydrogen-bond acceptors (Lipinski definition) is 3. The Bertz CT molecular complexity index is 454. The minimum absolute atomic E-state index is 0.0523. The lowest BCUT2D eigenvalue weighted by molar-refractivity contribution is 0.240. The molecule has 0 aliphatic carbocycles. The molecule has 2 rings (SSSR count). The Balaban J connectivity index is 2.21. The SMILES string of the molecule is COc1cccc(N2NC(C(C)(C)C)NC2=O)c1. The number of hydrogen-bond donors (Lipinski definition) is 2. The first-order chi connectivity index (χ1) is 8.41. The summed E-state index contributed by atoms with van der Waals surface area (Å²) >= 11 is 0. The molecule has 1 saturated heterocycles. The number of methoxy groups -OCH3 is 1. The van der Waals surface area contributed by atoms with Crippen molar-refractivity contribution in [3.8, 4) is 5.75 Å². The molecule has 1 aliphatic heterocycles. The Kier molecular flexibility index (Phi) is 3.17. The Morgan fingerprint density at radius 3 is 2.61 bits per heavy atom. The van der Waals surface area contributed by atoms with Gasteiger partial charge in [-0.25, -0.2) is 15.2 Å². The molecule has 1 heterocycles. The van der Waals surface area contributed by atoms with Crippen LogP contribution in [0.25, 0.3) is 0 Å². The minimum atomic E-state index is -0.150. The van der Waals surface area contributed by atoms with Crippen LogP contribution in [0.2, 0.25) is 0 Å². The summed E-state index contributed by atoms with van der Waals surface area (Å²) < 4.78 is 5.16. The fourth-order valence-corrected chi connectivity index (χ4v) is 1.76. The Morgan fingerprint density at radius 1 is 1.33 bits per heavy atom. The first-order valence-electron chi connectivity index (χ1n) is 5.92. The monoisotopic (exact) mass is 249 g/mol. The van der Waals surface area contributed by atoms with E-state index in [1.807, 2.05) is 24.3 Å². The van der Waals surface area contributed by atoms with Gasteiger partial charge in [-0.2, -0.15) is 0 Å². The molecule has 1 aliphatic rings. The molecule has 1 fully saturated rings. The zero-order valence-corrected chi connectivity index (χ0v) is 11.2. The van der Waals surface area contributed by atoms with Gasteiger partial charge in [0.05, 0.1) is 12.8 Å². The third kappa shape index (κ3) is 2.41. The fourth-order valence-electron chi connectivity index (χ4n) is 1.76. The van der Waals surface area contributed by atoms with E-state index in [1.165, 1.54) is 5.01 Å². The van der Waals surface area contributed by atoms with Gasteiger partial charge in [-0.1, -0.05) is 26.8 Å². The van der Waals surface area contributed by atoms with E-state index in [-0.39, 0.29) is 17.6 Å². The van der Waals surface area contributed by atoms with Crippen LogP contribution in [0.1, 0.15) is 20.8 Å². The molecule has 0 bridgehead atoms. The normalized spacial score (nSPS) is 19.9. The van der Waals surface area contributed by atoms with Gasteiger partial charge in [-0.15, -0.1) is 0 Å². The number of carbonyl (C=O) groups is 1. The highest BCUT2D eigenvalue weighted by Crippen LogP contribution is 2.25. The number of amides is 2. The van der Waals surface area contributed by atoms with Crippen molar-refractivity contribution in [1.29, 1.82) is 0 Å².